The minimum Gasteiger partial charge on any atom is -0.371 e. The first-order valence-corrected chi connectivity index (χ1v) is 8.00. The van der Waals surface area contributed by atoms with Crippen LogP contribution in [0.5, 0.6) is 0 Å². The molecule has 0 saturated carbocycles. The lowest BCUT2D eigenvalue weighted by atomic mass is 9.95. The zero-order valence-corrected chi connectivity index (χ0v) is 13.8. The van der Waals surface area contributed by atoms with Crippen molar-refractivity contribution in [2.24, 2.45) is 0 Å². The van der Waals surface area contributed by atoms with Gasteiger partial charge in [0.25, 0.3) is 0 Å². The Labute approximate surface area is 139 Å². The Kier molecular flexibility index (Phi) is 4.48. The molecule has 8 nitrogen and oxygen atoms in total. The number of hydrogen-bond donors (Lipinski definition) is 2. The fourth-order valence-electron chi connectivity index (χ4n) is 2.85. The number of hydrogen-bond acceptors (Lipinski definition) is 5. The van der Waals surface area contributed by atoms with Crippen molar-refractivity contribution >= 4 is 23.1 Å². The first-order valence-electron chi connectivity index (χ1n) is 8.00. The van der Waals surface area contributed by atoms with Crippen LogP contribution in [0.3, 0.4) is 0 Å². The highest BCUT2D eigenvalue weighted by molar-refractivity contribution is 6.39. The van der Waals surface area contributed by atoms with Crippen LogP contribution in [0.1, 0.15) is 33.1 Å². The van der Waals surface area contributed by atoms with E-state index in [4.69, 9.17) is 4.74 Å². The summed E-state index contributed by atoms with van der Waals surface area (Å²) < 4.78 is 7.42. The number of carbonyl (C=O) groups excluding carboxylic acids is 2. The highest BCUT2D eigenvalue weighted by Gasteiger charge is 2.29. The number of fused-ring (bicyclic) bond motifs is 1. The highest BCUT2D eigenvalue weighted by atomic mass is 16.5. The van der Waals surface area contributed by atoms with Gasteiger partial charge in [-0.1, -0.05) is 0 Å². The van der Waals surface area contributed by atoms with Crippen molar-refractivity contribution in [3.05, 3.63) is 24.7 Å². The summed E-state index contributed by atoms with van der Waals surface area (Å²) in [5.74, 6) is -1.44. The molecule has 3 rings (SSSR count). The number of amides is 2. The predicted octanol–water partition coefficient (Wildman–Crippen LogP) is 1.13. The first-order chi connectivity index (χ1) is 11.4. The molecular weight excluding hydrogens is 310 g/mol. The number of anilines is 1. The Morgan fingerprint density at radius 1 is 1.42 bits per heavy atom. The van der Waals surface area contributed by atoms with Crippen LogP contribution >= 0.6 is 0 Å². The van der Waals surface area contributed by atoms with Gasteiger partial charge >= 0.3 is 11.8 Å². The van der Waals surface area contributed by atoms with Crippen molar-refractivity contribution in [3.8, 4) is 0 Å². The van der Waals surface area contributed by atoms with Gasteiger partial charge in [-0.15, -0.1) is 0 Å². The quantitative estimate of drug-likeness (QED) is 0.822. The molecular formula is C16H21N5O3. The van der Waals surface area contributed by atoms with Crippen LogP contribution in [-0.2, 0) is 14.3 Å². The largest absolute Gasteiger partial charge is 0.371 e. The van der Waals surface area contributed by atoms with Gasteiger partial charge in [-0.3, -0.25) is 9.59 Å². The average Bonchev–Trinajstić information content (AvgIpc) is 2.95. The topological polar surface area (TPSA) is 97.6 Å². The lowest BCUT2D eigenvalue weighted by Gasteiger charge is -2.36. The minimum atomic E-state index is -0.745. The number of nitrogens with one attached hydrogen (secondary N) is 2. The standard InChI is InChI=1S/C16H21N5O3/c1-16(2)6-3-5-11(24-16)9-18-14(22)15(23)20-12-10-19-21-8-4-7-17-13(12)21/h4,7-8,10-11H,3,5-6,9H2,1-2H3,(H,18,22)(H,20,23). The van der Waals surface area contributed by atoms with E-state index in [0.717, 1.165) is 19.3 Å². The first kappa shape index (κ1) is 16.4. The molecule has 8 heteroatoms. The van der Waals surface area contributed by atoms with E-state index in [0.29, 0.717) is 17.9 Å². The molecule has 0 spiro atoms. The van der Waals surface area contributed by atoms with Gasteiger partial charge in [0.1, 0.15) is 5.69 Å². The van der Waals surface area contributed by atoms with Gasteiger partial charge in [0.15, 0.2) is 5.65 Å². The second-order valence-electron chi connectivity index (χ2n) is 6.50. The number of rotatable bonds is 3. The normalized spacial score (nSPS) is 19.8. The fraction of sp³-hybridized carbons (Fsp3) is 0.500. The van der Waals surface area contributed by atoms with Crippen molar-refractivity contribution in [1.29, 1.82) is 0 Å². The van der Waals surface area contributed by atoms with Gasteiger partial charge < -0.3 is 15.4 Å². The molecule has 1 atom stereocenters. The monoisotopic (exact) mass is 331 g/mol. The lowest BCUT2D eigenvalue weighted by molar-refractivity contribution is -0.138. The molecule has 2 N–H and O–H groups in total. The zero-order valence-electron chi connectivity index (χ0n) is 13.8. The molecule has 2 aromatic rings. The summed E-state index contributed by atoms with van der Waals surface area (Å²) in [4.78, 5) is 28.1. The molecule has 1 saturated heterocycles. The summed E-state index contributed by atoms with van der Waals surface area (Å²) in [6.45, 7) is 4.39. The smallest absolute Gasteiger partial charge is 0.313 e. The van der Waals surface area contributed by atoms with Crippen molar-refractivity contribution < 1.29 is 14.3 Å². The molecule has 1 fully saturated rings. The number of carbonyl (C=O) groups is 2. The Morgan fingerprint density at radius 2 is 2.25 bits per heavy atom. The van der Waals surface area contributed by atoms with Crippen LogP contribution in [0.2, 0.25) is 0 Å². The third-order valence-electron chi connectivity index (χ3n) is 4.01. The molecule has 2 aromatic heterocycles. The SMILES string of the molecule is CC1(C)CCCC(CNC(=O)C(=O)Nc2cnn3cccnc23)O1. The summed E-state index contributed by atoms with van der Waals surface area (Å²) in [5.41, 5.74) is 0.695. The van der Waals surface area contributed by atoms with Gasteiger partial charge in [-0.2, -0.15) is 5.10 Å². The Bertz CT molecular complexity index is 755. The third kappa shape index (κ3) is 3.70. The Balaban J connectivity index is 1.54. The molecule has 2 amide bonds. The van der Waals surface area contributed by atoms with E-state index in [9.17, 15) is 9.59 Å². The molecule has 3 heterocycles. The van der Waals surface area contributed by atoms with Gasteiger partial charge in [0.05, 0.1) is 17.9 Å². The van der Waals surface area contributed by atoms with Crippen LogP contribution in [0, 0.1) is 0 Å². The summed E-state index contributed by atoms with van der Waals surface area (Å²) in [6.07, 6.45) is 7.62. The van der Waals surface area contributed by atoms with Crippen molar-refractivity contribution in [2.75, 3.05) is 11.9 Å². The zero-order chi connectivity index (χ0) is 17.2. The second kappa shape index (κ2) is 6.56. The maximum atomic E-state index is 12.0. The predicted molar refractivity (Wildman–Crippen MR) is 87.4 cm³/mol. The minimum absolute atomic E-state index is 0.0656. The van der Waals surface area contributed by atoms with E-state index in [-0.39, 0.29) is 11.7 Å². The summed E-state index contributed by atoms with van der Waals surface area (Å²) in [5, 5.41) is 9.21. The van der Waals surface area contributed by atoms with Gasteiger partial charge in [-0.25, -0.2) is 9.50 Å². The molecule has 0 aromatic carbocycles. The van der Waals surface area contributed by atoms with Crippen molar-refractivity contribution in [1.82, 2.24) is 19.9 Å². The number of nitrogens with zero attached hydrogens (tertiary/aromatic N) is 3. The third-order valence-corrected chi connectivity index (χ3v) is 4.01. The van der Waals surface area contributed by atoms with E-state index < -0.39 is 11.8 Å². The second-order valence-corrected chi connectivity index (χ2v) is 6.50. The van der Waals surface area contributed by atoms with Crippen LogP contribution < -0.4 is 10.6 Å². The maximum absolute atomic E-state index is 12.0. The Hall–Kier alpha value is -2.48. The molecule has 24 heavy (non-hydrogen) atoms. The van der Waals surface area contributed by atoms with Gasteiger partial charge in [0.2, 0.25) is 0 Å². The molecule has 1 aliphatic heterocycles. The van der Waals surface area contributed by atoms with Crippen LogP contribution in [-0.4, -0.2) is 44.7 Å². The van der Waals surface area contributed by atoms with E-state index in [2.05, 4.69) is 20.7 Å². The lowest BCUT2D eigenvalue weighted by Crippen LogP contribution is -2.44. The summed E-state index contributed by atoms with van der Waals surface area (Å²) in [6, 6.07) is 1.73. The molecule has 1 unspecified atom stereocenters. The Morgan fingerprint density at radius 3 is 3.04 bits per heavy atom. The molecule has 128 valence electrons. The molecule has 0 radical (unpaired) electrons. The molecule has 0 aliphatic carbocycles. The van der Waals surface area contributed by atoms with Crippen molar-refractivity contribution in [2.45, 2.75) is 44.8 Å². The maximum Gasteiger partial charge on any atom is 0.313 e. The molecule has 0 bridgehead atoms. The van der Waals surface area contributed by atoms with Crippen LogP contribution in [0.25, 0.3) is 5.65 Å². The van der Waals surface area contributed by atoms with E-state index >= 15 is 0 Å². The number of ether oxygens (including phenoxy) is 1. The average molecular weight is 331 g/mol. The van der Waals surface area contributed by atoms with Gasteiger partial charge in [-0.05, 0) is 39.2 Å². The number of aromatic nitrogens is 3. The van der Waals surface area contributed by atoms with E-state index in [1.807, 2.05) is 13.8 Å². The van der Waals surface area contributed by atoms with Crippen LogP contribution in [0.4, 0.5) is 5.69 Å². The summed E-state index contributed by atoms with van der Waals surface area (Å²) >= 11 is 0. The van der Waals surface area contributed by atoms with Gasteiger partial charge in [0, 0.05) is 18.9 Å². The van der Waals surface area contributed by atoms with Crippen molar-refractivity contribution in [3.63, 3.8) is 0 Å². The van der Waals surface area contributed by atoms with Crippen LogP contribution in [0.15, 0.2) is 24.7 Å². The highest BCUT2D eigenvalue weighted by Crippen LogP contribution is 2.27. The van der Waals surface area contributed by atoms with E-state index in [1.54, 1.807) is 18.5 Å². The summed E-state index contributed by atoms with van der Waals surface area (Å²) in [7, 11) is 0. The van der Waals surface area contributed by atoms with E-state index in [1.165, 1.54) is 10.7 Å². The fourth-order valence-corrected chi connectivity index (χ4v) is 2.85. The molecule has 1 aliphatic rings.